The molecular formula is C18H15N7O. The molecule has 1 atom stereocenters. The largest absolute Gasteiger partial charge is 0.311 e. The first kappa shape index (κ1) is 14.8. The van der Waals surface area contributed by atoms with Crippen LogP contribution in [0.1, 0.15) is 29.0 Å². The van der Waals surface area contributed by atoms with E-state index in [9.17, 15) is 4.79 Å². The number of carbonyl (C=O) groups excluding carboxylic acids is 1. The first-order valence-corrected chi connectivity index (χ1v) is 8.32. The van der Waals surface area contributed by atoms with Gasteiger partial charge in [0.2, 0.25) is 5.91 Å². The van der Waals surface area contributed by atoms with E-state index in [4.69, 9.17) is 0 Å². The highest BCUT2D eigenvalue weighted by molar-refractivity contribution is 5.94. The molecule has 1 aliphatic rings. The predicted molar refractivity (Wildman–Crippen MR) is 93.6 cm³/mol. The van der Waals surface area contributed by atoms with Crippen LogP contribution in [0, 0.1) is 0 Å². The van der Waals surface area contributed by atoms with E-state index in [-0.39, 0.29) is 11.8 Å². The number of nitrogens with zero attached hydrogens (tertiary/aromatic N) is 6. The summed E-state index contributed by atoms with van der Waals surface area (Å²) in [5.74, 6) is 0.574. The first-order valence-electron chi connectivity index (χ1n) is 8.32. The van der Waals surface area contributed by atoms with Gasteiger partial charge in [-0.3, -0.25) is 9.78 Å². The molecule has 8 heteroatoms. The molecule has 0 spiro atoms. The molecule has 0 aromatic carbocycles. The van der Waals surface area contributed by atoms with E-state index in [1.165, 1.54) is 0 Å². The Labute approximate surface area is 148 Å². The van der Waals surface area contributed by atoms with E-state index >= 15 is 0 Å². The monoisotopic (exact) mass is 345 g/mol. The van der Waals surface area contributed by atoms with Gasteiger partial charge in [0.1, 0.15) is 5.82 Å². The van der Waals surface area contributed by atoms with Gasteiger partial charge >= 0.3 is 0 Å². The van der Waals surface area contributed by atoms with Gasteiger partial charge in [0.15, 0.2) is 5.65 Å². The van der Waals surface area contributed by atoms with Crippen LogP contribution in [0.25, 0.3) is 5.65 Å². The third-order valence-corrected chi connectivity index (χ3v) is 4.63. The first-order chi connectivity index (χ1) is 12.8. The topological polar surface area (TPSA) is 90.0 Å². The maximum atomic E-state index is 12.4. The molecule has 8 nitrogen and oxygen atoms in total. The SMILES string of the molecule is O=C1C[C@@H](c2cnn3cccnc23)c2cnn(Cc3cccnc3)c2N1. The Morgan fingerprint density at radius 1 is 1.12 bits per heavy atom. The van der Waals surface area contributed by atoms with Crippen LogP contribution < -0.4 is 5.32 Å². The number of fused-ring (bicyclic) bond motifs is 2. The van der Waals surface area contributed by atoms with Crippen LogP contribution in [-0.2, 0) is 11.3 Å². The predicted octanol–water partition coefficient (Wildman–Crippen LogP) is 1.84. The van der Waals surface area contributed by atoms with Gasteiger partial charge in [-0.2, -0.15) is 10.2 Å². The van der Waals surface area contributed by atoms with Crippen molar-refractivity contribution in [1.29, 1.82) is 0 Å². The number of hydrogen-bond acceptors (Lipinski definition) is 5. The van der Waals surface area contributed by atoms with Crippen LogP contribution in [0.2, 0.25) is 0 Å². The quantitative estimate of drug-likeness (QED) is 0.612. The van der Waals surface area contributed by atoms with E-state index in [0.29, 0.717) is 13.0 Å². The molecule has 0 fully saturated rings. The van der Waals surface area contributed by atoms with Crippen molar-refractivity contribution in [2.24, 2.45) is 0 Å². The molecule has 26 heavy (non-hydrogen) atoms. The maximum absolute atomic E-state index is 12.4. The Hall–Kier alpha value is -3.55. The molecule has 0 saturated carbocycles. The number of anilines is 1. The number of nitrogens with one attached hydrogen (secondary N) is 1. The average molecular weight is 345 g/mol. The Bertz CT molecular complexity index is 1100. The summed E-state index contributed by atoms with van der Waals surface area (Å²) in [5, 5.41) is 11.8. The minimum absolute atomic E-state index is 0.0364. The fraction of sp³-hybridized carbons (Fsp3) is 0.167. The highest BCUT2D eigenvalue weighted by Gasteiger charge is 2.32. The third kappa shape index (κ3) is 2.34. The molecule has 1 N–H and O–H groups in total. The lowest BCUT2D eigenvalue weighted by Gasteiger charge is -2.22. The number of carbonyl (C=O) groups is 1. The smallest absolute Gasteiger partial charge is 0.226 e. The Kier molecular flexibility index (Phi) is 3.27. The van der Waals surface area contributed by atoms with Gasteiger partial charge in [0, 0.05) is 48.3 Å². The number of amides is 1. The number of hydrogen-bond donors (Lipinski definition) is 1. The minimum atomic E-state index is -0.117. The zero-order valence-electron chi connectivity index (χ0n) is 13.8. The van der Waals surface area contributed by atoms with Crippen molar-refractivity contribution in [2.75, 3.05) is 5.32 Å². The van der Waals surface area contributed by atoms with Crippen LogP contribution in [0.4, 0.5) is 5.82 Å². The van der Waals surface area contributed by atoms with E-state index in [2.05, 4.69) is 25.5 Å². The van der Waals surface area contributed by atoms with E-state index in [1.807, 2.05) is 30.6 Å². The van der Waals surface area contributed by atoms with E-state index < -0.39 is 0 Å². The summed E-state index contributed by atoms with van der Waals surface area (Å²) in [4.78, 5) is 20.9. The average Bonchev–Trinajstić information content (AvgIpc) is 3.27. The molecule has 128 valence electrons. The molecule has 5 rings (SSSR count). The van der Waals surface area contributed by atoms with Gasteiger partial charge in [-0.05, 0) is 17.7 Å². The van der Waals surface area contributed by atoms with Gasteiger partial charge in [-0.25, -0.2) is 14.2 Å². The van der Waals surface area contributed by atoms with Crippen LogP contribution >= 0.6 is 0 Å². The fourth-order valence-electron chi connectivity index (χ4n) is 3.42. The van der Waals surface area contributed by atoms with Crippen molar-refractivity contribution in [1.82, 2.24) is 29.4 Å². The van der Waals surface area contributed by atoms with E-state index in [0.717, 1.165) is 28.2 Å². The van der Waals surface area contributed by atoms with Crippen molar-refractivity contribution in [2.45, 2.75) is 18.9 Å². The molecule has 4 aromatic rings. The van der Waals surface area contributed by atoms with Crippen molar-refractivity contribution in [3.8, 4) is 0 Å². The van der Waals surface area contributed by atoms with E-state index in [1.54, 1.807) is 34.0 Å². The number of rotatable bonds is 3. The molecule has 1 amide bonds. The lowest BCUT2D eigenvalue weighted by Crippen LogP contribution is -2.25. The van der Waals surface area contributed by atoms with Gasteiger partial charge < -0.3 is 5.32 Å². The molecule has 0 unspecified atom stereocenters. The zero-order valence-corrected chi connectivity index (χ0v) is 13.8. The van der Waals surface area contributed by atoms with Crippen molar-refractivity contribution in [3.05, 3.63) is 72.1 Å². The minimum Gasteiger partial charge on any atom is -0.311 e. The molecule has 0 saturated heterocycles. The normalized spacial score (nSPS) is 16.5. The number of pyridine rings is 1. The third-order valence-electron chi connectivity index (χ3n) is 4.63. The summed E-state index contributed by atoms with van der Waals surface area (Å²) in [6.45, 7) is 0.545. The summed E-state index contributed by atoms with van der Waals surface area (Å²) < 4.78 is 3.52. The standard InChI is InChI=1S/C18H15N7O/c26-16-7-13(14-9-21-24-6-2-5-20-17(14)24)15-10-22-25(18(15)23-16)11-12-3-1-4-19-8-12/h1-6,8-10,13H,7,11H2,(H,23,26)/t13-/m0/s1. The Morgan fingerprint density at radius 2 is 2.04 bits per heavy atom. The molecule has 0 radical (unpaired) electrons. The van der Waals surface area contributed by atoms with Crippen molar-refractivity contribution in [3.63, 3.8) is 0 Å². The summed E-state index contributed by atoms with van der Waals surface area (Å²) in [6.07, 6.45) is 11.1. The second-order valence-corrected chi connectivity index (χ2v) is 6.26. The molecular weight excluding hydrogens is 330 g/mol. The van der Waals surface area contributed by atoms with Gasteiger partial charge in [-0.1, -0.05) is 6.07 Å². The summed E-state index contributed by atoms with van der Waals surface area (Å²) in [6, 6.07) is 5.70. The lowest BCUT2D eigenvalue weighted by atomic mass is 9.89. The van der Waals surface area contributed by atoms with Crippen LogP contribution in [0.5, 0.6) is 0 Å². The highest BCUT2D eigenvalue weighted by atomic mass is 16.1. The Balaban J connectivity index is 1.58. The van der Waals surface area contributed by atoms with Crippen LogP contribution in [-0.4, -0.2) is 35.3 Å². The van der Waals surface area contributed by atoms with Crippen molar-refractivity contribution >= 4 is 17.4 Å². The maximum Gasteiger partial charge on any atom is 0.226 e. The molecule has 4 aromatic heterocycles. The highest BCUT2D eigenvalue weighted by Crippen LogP contribution is 2.38. The van der Waals surface area contributed by atoms with Crippen molar-refractivity contribution < 1.29 is 4.79 Å². The Morgan fingerprint density at radius 3 is 2.92 bits per heavy atom. The fourth-order valence-corrected chi connectivity index (χ4v) is 3.42. The molecule has 0 aliphatic carbocycles. The molecule has 0 bridgehead atoms. The number of aromatic nitrogens is 6. The second kappa shape index (κ2) is 5.76. The molecule has 5 heterocycles. The van der Waals surface area contributed by atoms with Crippen LogP contribution in [0.3, 0.4) is 0 Å². The summed E-state index contributed by atoms with van der Waals surface area (Å²) in [5.41, 5.74) is 3.70. The lowest BCUT2D eigenvalue weighted by molar-refractivity contribution is -0.116. The molecule has 1 aliphatic heterocycles. The second-order valence-electron chi connectivity index (χ2n) is 6.26. The summed E-state index contributed by atoms with van der Waals surface area (Å²) >= 11 is 0. The van der Waals surface area contributed by atoms with Crippen LogP contribution in [0.15, 0.2) is 55.4 Å². The van der Waals surface area contributed by atoms with Gasteiger partial charge in [0.05, 0.1) is 18.9 Å². The van der Waals surface area contributed by atoms with Gasteiger partial charge in [0.25, 0.3) is 0 Å². The zero-order chi connectivity index (χ0) is 17.5. The van der Waals surface area contributed by atoms with Gasteiger partial charge in [-0.15, -0.1) is 0 Å². The summed E-state index contributed by atoms with van der Waals surface area (Å²) in [7, 11) is 0.